The van der Waals surface area contributed by atoms with Gasteiger partial charge in [0.2, 0.25) is 5.91 Å². The Bertz CT molecular complexity index is 771. The molecule has 2 saturated carbocycles. The number of aryl methyl sites for hydroxylation is 1. The summed E-state index contributed by atoms with van der Waals surface area (Å²) in [5.41, 5.74) is 9.51. The highest BCUT2D eigenvalue weighted by Crippen LogP contribution is 2.39. The Morgan fingerprint density at radius 1 is 1.22 bits per heavy atom. The minimum atomic E-state index is 0.102. The Morgan fingerprint density at radius 2 is 1.93 bits per heavy atom. The van der Waals surface area contributed by atoms with E-state index < -0.39 is 0 Å². The van der Waals surface area contributed by atoms with Crippen molar-refractivity contribution in [3.8, 4) is 10.6 Å². The van der Waals surface area contributed by atoms with Crippen molar-refractivity contribution in [2.75, 3.05) is 0 Å². The molecule has 1 amide bonds. The highest BCUT2D eigenvalue weighted by Gasteiger charge is 2.39. The van der Waals surface area contributed by atoms with Gasteiger partial charge in [0.1, 0.15) is 5.01 Å². The van der Waals surface area contributed by atoms with Crippen molar-refractivity contribution >= 4 is 17.2 Å². The average Bonchev–Trinajstić information content (AvgIpc) is 3.11. The smallest absolute Gasteiger partial charge is 0.226 e. The second kappa shape index (κ2) is 8.11. The maximum atomic E-state index is 12.6. The summed E-state index contributed by atoms with van der Waals surface area (Å²) in [7, 11) is 0. The zero-order chi connectivity index (χ0) is 18.8. The summed E-state index contributed by atoms with van der Waals surface area (Å²) >= 11 is 1.61. The van der Waals surface area contributed by atoms with Crippen LogP contribution < -0.4 is 11.1 Å². The predicted octanol–water partition coefficient (Wildman–Crippen LogP) is 3.94. The van der Waals surface area contributed by atoms with Gasteiger partial charge >= 0.3 is 0 Å². The minimum absolute atomic E-state index is 0.102. The van der Waals surface area contributed by atoms with Gasteiger partial charge in [0.25, 0.3) is 0 Å². The third-order valence-corrected chi connectivity index (χ3v) is 7.15. The van der Waals surface area contributed by atoms with Crippen LogP contribution in [-0.4, -0.2) is 23.0 Å². The van der Waals surface area contributed by atoms with Crippen molar-refractivity contribution in [2.45, 2.75) is 64.0 Å². The van der Waals surface area contributed by atoms with Crippen LogP contribution in [0.25, 0.3) is 10.6 Å². The summed E-state index contributed by atoms with van der Waals surface area (Å²) in [5, 5.41) is 6.33. The molecule has 0 spiro atoms. The molecule has 1 aromatic carbocycles. The van der Waals surface area contributed by atoms with E-state index in [0.29, 0.717) is 30.3 Å². The number of nitrogens with one attached hydrogen (secondary N) is 1. The van der Waals surface area contributed by atoms with Gasteiger partial charge in [0.15, 0.2) is 0 Å². The van der Waals surface area contributed by atoms with Crippen LogP contribution in [0.1, 0.15) is 50.3 Å². The van der Waals surface area contributed by atoms with Crippen molar-refractivity contribution < 1.29 is 4.79 Å². The van der Waals surface area contributed by atoms with Crippen LogP contribution in [0.2, 0.25) is 0 Å². The molecule has 4 nitrogen and oxygen atoms in total. The molecule has 2 aliphatic carbocycles. The predicted molar refractivity (Wildman–Crippen MR) is 111 cm³/mol. The summed E-state index contributed by atoms with van der Waals surface area (Å²) in [6.45, 7) is 2.16. The Kier molecular flexibility index (Phi) is 5.60. The average molecular weight is 384 g/mol. The molecule has 1 aromatic heterocycles. The summed E-state index contributed by atoms with van der Waals surface area (Å²) in [6.07, 6.45) is 7.18. The number of carbonyl (C=O) groups is 1. The molecular formula is C22H29N3OS. The number of nitrogens with two attached hydrogens (primary N) is 1. The van der Waals surface area contributed by atoms with Gasteiger partial charge in [-0.1, -0.05) is 37.6 Å². The molecule has 2 fully saturated rings. The van der Waals surface area contributed by atoms with E-state index in [4.69, 9.17) is 10.7 Å². The van der Waals surface area contributed by atoms with E-state index in [9.17, 15) is 4.79 Å². The van der Waals surface area contributed by atoms with Crippen molar-refractivity contribution in [3.63, 3.8) is 0 Å². The van der Waals surface area contributed by atoms with Crippen LogP contribution in [0.3, 0.4) is 0 Å². The quantitative estimate of drug-likeness (QED) is 0.822. The van der Waals surface area contributed by atoms with Gasteiger partial charge in [0, 0.05) is 23.0 Å². The molecule has 0 saturated heterocycles. The summed E-state index contributed by atoms with van der Waals surface area (Å²) in [5.74, 6) is 1.21. The van der Waals surface area contributed by atoms with E-state index in [1.807, 2.05) is 5.38 Å². The SMILES string of the molecule is CCc1ccc(-c2nc(CC(=O)NC3C4CCCC3CC(N)C4)cs2)cc1. The van der Waals surface area contributed by atoms with Gasteiger partial charge in [-0.05, 0) is 49.5 Å². The first kappa shape index (κ1) is 18.6. The monoisotopic (exact) mass is 383 g/mol. The van der Waals surface area contributed by atoms with Crippen LogP contribution in [0.4, 0.5) is 0 Å². The first-order valence-corrected chi connectivity index (χ1v) is 11.1. The highest BCUT2D eigenvalue weighted by atomic mass is 32.1. The normalized spacial score (nSPS) is 27.3. The fraction of sp³-hybridized carbons (Fsp3) is 0.545. The number of fused-ring (bicyclic) bond motifs is 2. The van der Waals surface area contributed by atoms with Crippen LogP contribution in [0, 0.1) is 11.8 Å². The van der Waals surface area contributed by atoms with Gasteiger partial charge < -0.3 is 11.1 Å². The topological polar surface area (TPSA) is 68.0 Å². The molecule has 27 heavy (non-hydrogen) atoms. The summed E-state index contributed by atoms with van der Waals surface area (Å²) < 4.78 is 0. The molecule has 2 bridgehead atoms. The third-order valence-electron chi connectivity index (χ3n) is 6.21. The fourth-order valence-electron chi connectivity index (χ4n) is 4.83. The molecule has 2 aromatic rings. The van der Waals surface area contributed by atoms with E-state index in [-0.39, 0.29) is 5.91 Å². The lowest BCUT2D eigenvalue weighted by Crippen LogP contribution is -2.54. The number of aromatic nitrogens is 1. The largest absolute Gasteiger partial charge is 0.352 e. The number of hydrogen-bond acceptors (Lipinski definition) is 4. The molecule has 5 heteroatoms. The summed E-state index contributed by atoms with van der Waals surface area (Å²) in [6, 6.07) is 9.16. The second-order valence-corrected chi connectivity index (χ2v) is 9.01. The Labute approximate surface area is 165 Å². The molecule has 0 radical (unpaired) electrons. The number of carbonyl (C=O) groups excluding carboxylic acids is 1. The minimum Gasteiger partial charge on any atom is -0.352 e. The molecule has 144 valence electrons. The van der Waals surface area contributed by atoms with Gasteiger partial charge in [-0.25, -0.2) is 4.98 Å². The van der Waals surface area contributed by atoms with E-state index >= 15 is 0 Å². The van der Waals surface area contributed by atoms with E-state index in [2.05, 4.69) is 36.5 Å². The Morgan fingerprint density at radius 3 is 2.59 bits per heavy atom. The number of thiazole rings is 1. The van der Waals surface area contributed by atoms with Gasteiger partial charge in [-0.3, -0.25) is 4.79 Å². The molecule has 1 heterocycles. The molecule has 3 N–H and O–H groups in total. The maximum Gasteiger partial charge on any atom is 0.226 e. The number of rotatable bonds is 5. The molecular weight excluding hydrogens is 354 g/mol. The lowest BCUT2D eigenvalue weighted by molar-refractivity contribution is -0.122. The third kappa shape index (κ3) is 4.25. The second-order valence-electron chi connectivity index (χ2n) is 8.15. The standard InChI is InChI=1S/C22H29N3OS/c1-2-14-6-8-15(9-7-14)22-24-19(13-27-22)12-20(26)25-21-16-4-3-5-17(21)11-18(23)10-16/h6-9,13,16-18,21H,2-5,10-12,23H2,1H3,(H,25,26). The van der Waals surface area contributed by atoms with Crippen molar-refractivity contribution in [3.05, 3.63) is 40.9 Å². The maximum absolute atomic E-state index is 12.6. The molecule has 2 atom stereocenters. The lowest BCUT2D eigenvalue weighted by Gasteiger charge is -2.45. The van der Waals surface area contributed by atoms with Crippen molar-refractivity contribution in [1.29, 1.82) is 0 Å². The van der Waals surface area contributed by atoms with Crippen LogP contribution in [0.5, 0.6) is 0 Å². The van der Waals surface area contributed by atoms with Crippen LogP contribution in [0.15, 0.2) is 29.6 Å². The first-order valence-electron chi connectivity index (χ1n) is 10.2. The summed E-state index contributed by atoms with van der Waals surface area (Å²) in [4.78, 5) is 17.3. The zero-order valence-electron chi connectivity index (χ0n) is 16.0. The van der Waals surface area contributed by atoms with E-state index in [0.717, 1.165) is 35.5 Å². The van der Waals surface area contributed by atoms with Gasteiger partial charge in [-0.15, -0.1) is 11.3 Å². The number of benzene rings is 1. The van der Waals surface area contributed by atoms with E-state index in [1.165, 1.54) is 24.8 Å². The van der Waals surface area contributed by atoms with Crippen LogP contribution in [-0.2, 0) is 17.6 Å². The Balaban J connectivity index is 1.38. The Hall–Kier alpha value is -1.72. The van der Waals surface area contributed by atoms with Crippen molar-refractivity contribution in [2.24, 2.45) is 17.6 Å². The zero-order valence-corrected chi connectivity index (χ0v) is 16.8. The number of amides is 1. The molecule has 0 aliphatic heterocycles. The molecule has 2 unspecified atom stereocenters. The van der Waals surface area contributed by atoms with E-state index in [1.54, 1.807) is 11.3 Å². The molecule has 4 rings (SSSR count). The van der Waals surface area contributed by atoms with Gasteiger partial charge in [0.05, 0.1) is 12.1 Å². The van der Waals surface area contributed by atoms with Gasteiger partial charge in [-0.2, -0.15) is 0 Å². The highest BCUT2D eigenvalue weighted by molar-refractivity contribution is 7.13. The first-order chi connectivity index (χ1) is 13.1. The fourth-order valence-corrected chi connectivity index (χ4v) is 5.66. The van der Waals surface area contributed by atoms with Crippen molar-refractivity contribution in [1.82, 2.24) is 10.3 Å². The lowest BCUT2D eigenvalue weighted by atomic mass is 9.67. The number of hydrogen-bond donors (Lipinski definition) is 2. The van der Waals surface area contributed by atoms with Crippen LogP contribution >= 0.6 is 11.3 Å². The number of nitrogens with zero attached hydrogens (tertiary/aromatic N) is 1. The molecule has 2 aliphatic rings.